The molecule has 2 aliphatic heterocycles. The first-order chi connectivity index (χ1) is 18.1. The lowest BCUT2D eigenvalue weighted by Gasteiger charge is -2.28. The van der Waals surface area contributed by atoms with Gasteiger partial charge in [0.25, 0.3) is 5.91 Å². The number of carbonyl (C=O) groups excluding carboxylic acids is 2. The van der Waals surface area contributed by atoms with Gasteiger partial charge in [-0.05, 0) is 38.5 Å². The van der Waals surface area contributed by atoms with Gasteiger partial charge in [-0.15, -0.1) is 0 Å². The number of thioether (sulfide) groups is 1. The number of nitrogens with zero attached hydrogens (tertiary/aromatic N) is 2. The Hall–Kier alpha value is -3.06. The van der Waals surface area contributed by atoms with E-state index in [-0.39, 0.29) is 28.8 Å². The number of benzene rings is 2. The lowest BCUT2D eigenvalue weighted by atomic mass is 10.1. The minimum atomic E-state index is -4.72. The molecule has 0 bridgehead atoms. The van der Waals surface area contributed by atoms with Crippen LogP contribution in [-0.2, 0) is 32.0 Å². The third kappa shape index (κ3) is 7.13. The van der Waals surface area contributed by atoms with E-state index in [0.717, 1.165) is 17.8 Å². The van der Waals surface area contributed by atoms with Gasteiger partial charge in [-0.25, -0.2) is 13.2 Å². The molecule has 2 aromatic carbocycles. The van der Waals surface area contributed by atoms with Crippen LogP contribution in [0.3, 0.4) is 0 Å². The summed E-state index contributed by atoms with van der Waals surface area (Å²) in [6, 6.07) is 11.6. The first-order valence-electron chi connectivity index (χ1n) is 12.1. The molecule has 0 unspecified atom stereocenters. The van der Waals surface area contributed by atoms with Crippen LogP contribution >= 0.6 is 11.8 Å². The Bertz CT molecular complexity index is 1380. The van der Waals surface area contributed by atoms with Gasteiger partial charge in [0.2, 0.25) is 0 Å². The summed E-state index contributed by atoms with van der Waals surface area (Å²) in [5.74, 6) is -1.41. The number of nitrogens with one attached hydrogen (secondary N) is 1. The van der Waals surface area contributed by atoms with E-state index in [2.05, 4.69) is 10.3 Å². The number of amidine groups is 1. The molecule has 0 aliphatic carbocycles. The maximum atomic E-state index is 13.9. The van der Waals surface area contributed by atoms with E-state index in [1.54, 1.807) is 51.1 Å². The van der Waals surface area contributed by atoms with Crippen LogP contribution in [0.15, 0.2) is 59.6 Å². The fourth-order valence-corrected chi connectivity index (χ4v) is 8.35. The van der Waals surface area contributed by atoms with Crippen LogP contribution in [0.1, 0.15) is 31.9 Å². The topological polar surface area (TPSA) is 105 Å². The average molecular weight is 584 g/mol. The SMILES string of the molecule is CC(C)(C)OC(=O)N[C@H](Cc1ccccc1)C(=O)N=C1S[C@H]2CS(=O)(=O)C[C@@H]2N1c1ccccc1C(F)(F)F. The van der Waals surface area contributed by atoms with Crippen molar-refractivity contribution in [2.75, 3.05) is 16.4 Å². The molecule has 210 valence electrons. The molecule has 13 heteroatoms. The largest absolute Gasteiger partial charge is 0.444 e. The number of carbonyl (C=O) groups is 2. The lowest BCUT2D eigenvalue weighted by molar-refractivity contribution is -0.137. The summed E-state index contributed by atoms with van der Waals surface area (Å²) in [5, 5.41) is 1.88. The zero-order valence-corrected chi connectivity index (χ0v) is 23.1. The summed E-state index contributed by atoms with van der Waals surface area (Å²) >= 11 is 0.951. The Kier molecular flexibility index (Phi) is 8.04. The molecule has 2 heterocycles. The number of rotatable bonds is 5. The van der Waals surface area contributed by atoms with E-state index < -0.39 is 56.5 Å². The number of sulfone groups is 1. The molecule has 0 saturated carbocycles. The van der Waals surface area contributed by atoms with E-state index in [1.807, 2.05) is 0 Å². The van der Waals surface area contributed by atoms with Crippen LogP contribution in [0, 0.1) is 0 Å². The predicted molar refractivity (Wildman–Crippen MR) is 143 cm³/mol. The van der Waals surface area contributed by atoms with E-state index in [4.69, 9.17) is 4.74 Å². The number of amides is 2. The van der Waals surface area contributed by atoms with E-state index in [9.17, 15) is 31.2 Å². The van der Waals surface area contributed by atoms with Gasteiger partial charge in [0.15, 0.2) is 15.0 Å². The molecule has 0 spiro atoms. The van der Waals surface area contributed by atoms with Crippen LogP contribution in [0.5, 0.6) is 0 Å². The van der Waals surface area contributed by atoms with Crippen LogP contribution < -0.4 is 10.2 Å². The normalized spacial score (nSPS) is 22.4. The maximum Gasteiger partial charge on any atom is 0.418 e. The minimum absolute atomic E-state index is 0.0503. The Morgan fingerprint density at radius 1 is 1.08 bits per heavy atom. The Balaban J connectivity index is 1.72. The molecule has 0 radical (unpaired) electrons. The molecule has 2 aromatic rings. The van der Waals surface area contributed by atoms with Gasteiger partial charge < -0.3 is 15.0 Å². The molecular weight excluding hydrogens is 555 g/mol. The zero-order chi connectivity index (χ0) is 28.6. The summed E-state index contributed by atoms with van der Waals surface area (Å²) in [5.41, 5.74) is -1.37. The van der Waals surface area contributed by atoms with Gasteiger partial charge in [0, 0.05) is 11.7 Å². The number of aliphatic imine (C=N–C) groups is 1. The summed E-state index contributed by atoms with van der Waals surface area (Å²) in [6.07, 6.45) is -5.51. The first kappa shape index (κ1) is 28.9. The Labute approximate surface area is 228 Å². The van der Waals surface area contributed by atoms with Crippen LogP contribution in [0.2, 0.25) is 0 Å². The number of alkyl carbamates (subject to hydrolysis) is 1. The van der Waals surface area contributed by atoms with Crippen molar-refractivity contribution in [1.29, 1.82) is 0 Å². The molecule has 0 aromatic heterocycles. The monoisotopic (exact) mass is 583 g/mol. The van der Waals surface area contributed by atoms with E-state index in [0.29, 0.717) is 5.56 Å². The van der Waals surface area contributed by atoms with Crippen molar-refractivity contribution in [3.05, 3.63) is 65.7 Å². The predicted octanol–water partition coefficient (Wildman–Crippen LogP) is 4.44. The van der Waals surface area contributed by atoms with Crippen molar-refractivity contribution in [3.63, 3.8) is 0 Å². The fourth-order valence-electron chi connectivity index (χ4n) is 4.44. The standard InChI is InChI=1S/C26H28F3N3O5S2/c1-25(2,3)37-24(34)30-18(13-16-9-5-4-6-10-16)22(33)31-23-32(20-14-39(35,36)15-21(20)38-23)19-12-8-7-11-17(19)26(27,28)29/h4-12,18,20-21H,13-15H2,1-3H3,(H,30,34)/t18-,20+,21+/m1/s1. The Morgan fingerprint density at radius 3 is 2.36 bits per heavy atom. The third-order valence-electron chi connectivity index (χ3n) is 6.01. The summed E-state index contributed by atoms with van der Waals surface area (Å²) in [6.45, 7) is 5.00. The first-order valence-corrected chi connectivity index (χ1v) is 14.8. The highest BCUT2D eigenvalue weighted by Crippen LogP contribution is 2.45. The third-order valence-corrected chi connectivity index (χ3v) is 9.22. The highest BCUT2D eigenvalue weighted by molar-refractivity contribution is 8.16. The quantitative estimate of drug-likeness (QED) is 0.555. The van der Waals surface area contributed by atoms with Gasteiger partial charge >= 0.3 is 12.3 Å². The number of hydrogen-bond acceptors (Lipinski definition) is 6. The van der Waals surface area contributed by atoms with Gasteiger partial charge in [-0.2, -0.15) is 18.2 Å². The highest BCUT2D eigenvalue weighted by Gasteiger charge is 2.51. The number of halogens is 3. The molecule has 2 saturated heterocycles. The number of para-hydroxylation sites is 1. The number of hydrogen-bond donors (Lipinski definition) is 1. The van der Waals surface area contributed by atoms with E-state index >= 15 is 0 Å². The van der Waals surface area contributed by atoms with Gasteiger partial charge in [-0.3, -0.25) is 4.79 Å². The van der Waals surface area contributed by atoms with Crippen molar-refractivity contribution in [3.8, 4) is 0 Å². The molecule has 2 fully saturated rings. The van der Waals surface area contributed by atoms with E-state index in [1.165, 1.54) is 23.1 Å². The van der Waals surface area contributed by atoms with Crippen molar-refractivity contribution in [2.24, 2.45) is 4.99 Å². The molecule has 3 atom stereocenters. The number of alkyl halides is 3. The summed E-state index contributed by atoms with van der Waals surface area (Å²) in [7, 11) is -3.49. The van der Waals surface area contributed by atoms with Gasteiger partial charge in [0.05, 0.1) is 28.8 Å². The van der Waals surface area contributed by atoms with Crippen molar-refractivity contribution in [2.45, 2.75) is 56.3 Å². The maximum absolute atomic E-state index is 13.9. The molecule has 8 nitrogen and oxygen atoms in total. The number of anilines is 1. The number of ether oxygens (including phenoxy) is 1. The second-order valence-corrected chi connectivity index (χ2v) is 13.7. The average Bonchev–Trinajstić information content (AvgIpc) is 3.28. The van der Waals surface area contributed by atoms with Crippen LogP contribution in [0.4, 0.5) is 23.7 Å². The molecule has 39 heavy (non-hydrogen) atoms. The second-order valence-electron chi connectivity index (χ2n) is 10.3. The van der Waals surface area contributed by atoms with Crippen molar-refractivity contribution < 1.29 is 35.9 Å². The number of fused-ring (bicyclic) bond motifs is 1. The lowest BCUT2D eigenvalue weighted by Crippen LogP contribution is -2.45. The van der Waals surface area contributed by atoms with Crippen molar-refractivity contribution in [1.82, 2.24) is 5.32 Å². The summed E-state index contributed by atoms with van der Waals surface area (Å²) < 4.78 is 71.7. The molecular formula is C26H28F3N3O5S2. The molecule has 2 amide bonds. The Morgan fingerprint density at radius 2 is 1.72 bits per heavy atom. The van der Waals surface area contributed by atoms with Gasteiger partial charge in [-0.1, -0.05) is 54.2 Å². The molecule has 4 rings (SSSR count). The zero-order valence-electron chi connectivity index (χ0n) is 21.4. The van der Waals surface area contributed by atoms with Crippen LogP contribution in [0.25, 0.3) is 0 Å². The van der Waals surface area contributed by atoms with Gasteiger partial charge in [0.1, 0.15) is 11.6 Å². The van der Waals surface area contributed by atoms with Crippen LogP contribution in [-0.4, -0.2) is 60.0 Å². The molecule has 2 aliphatic rings. The fraction of sp³-hybridized carbons (Fsp3) is 0.423. The summed E-state index contributed by atoms with van der Waals surface area (Å²) in [4.78, 5) is 31.4. The molecule has 1 N–H and O–H groups in total. The second kappa shape index (κ2) is 10.8. The smallest absolute Gasteiger partial charge is 0.418 e. The highest BCUT2D eigenvalue weighted by atomic mass is 32.2. The minimum Gasteiger partial charge on any atom is -0.444 e. The van der Waals surface area contributed by atoms with Crippen molar-refractivity contribution >= 4 is 44.5 Å².